The molecule has 0 aliphatic carbocycles. The topological polar surface area (TPSA) is 71.5 Å². The Kier molecular flexibility index (Phi) is 5.24. The number of nitrogens with one attached hydrogen (secondary N) is 1. The second-order valence-electron chi connectivity index (χ2n) is 6.83. The summed E-state index contributed by atoms with van der Waals surface area (Å²) in [4.78, 5) is 31.0. The van der Waals surface area contributed by atoms with Crippen molar-refractivity contribution in [2.24, 2.45) is 0 Å². The van der Waals surface area contributed by atoms with E-state index in [4.69, 9.17) is 4.74 Å². The fourth-order valence-corrected chi connectivity index (χ4v) is 3.49. The number of hydrogen-bond acceptors (Lipinski definition) is 5. The Hall–Kier alpha value is -3.67. The summed E-state index contributed by atoms with van der Waals surface area (Å²) >= 11 is 0. The zero-order valence-corrected chi connectivity index (χ0v) is 16.1. The second-order valence-corrected chi connectivity index (χ2v) is 6.83. The third kappa shape index (κ3) is 3.96. The second kappa shape index (κ2) is 8.14. The highest BCUT2D eigenvalue weighted by Crippen LogP contribution is 2.24. The number of benzene rings is 2. The Bertz CT molecular complexity index is 1050. The summed E-state index contributed by atoms with van der Waals surface area (Å²) in [6, 6.07) is 18.8. The molecule has 0 bridgehead atoms. The van der Waals surface area contributed by atoms with Gasteiger partial charge in [-0.25, -0.2) is 9.78 Å². The van der Waals surface area contributed by atoms with E-state index in [0.29, 0.717) is 11.3 Å². The van der Waals surface area contributed by atoms with Gasteiger partial charge >= 0.3 is 5.97 Å². The average Bonchev–Trinajstić information content (AvgIpc) is 2.78. The summed E-state index contributed by atoms with van der Waals surface area (Å²) in [5.74, 6) is -0.883. The average molecular weight is 387 g/mol. The minimum Gasteiger partial charge on any atom is -0.465 e. The van der Waals surface area contributed by atoms with Crippen LogP contribution >= 0.6 is 0 Å². The Morgan fingerprint density at radius 2 is 1.76 bits per heavy atom. The molecule has 1 aliphatic heterocycles. The van der Waals surface area contributed by atoms with Crippen LogP contribution in [-0.2, 0) is 17.7 Å². The molecule has 6 nitrogen and oxygen atoms in total. The number of methoxy groups -OCH3 is 1. The highest BCUT2D eigenvalue weighted by Gasteiger charge is 2.18. The van der Waals surface area contributed by atoms with Gasteiger partial charge in [0.1, 0.15) is 5.69 Å². The van der Waals surface area contributed by atoms with Crippen molar-refractivity contribution in [3.8, 4) is 0 Å². The van der Waals surface area contributed by atoms with Crippen LogP contribution in [0.2, 0.25) is 0 Å². The fourth-order valence-electron chi connectivity index (χ4n) is 3.49. The number of fused-ring (bicyclic) bond motifs is 1. The number of aromatic nitrogens is 1. The Balaban J connectivity index is 1.48. The maximum absolute atomic E-state index is 12.6. The van der Waals surface area contributed by atoms with E-state index >= 15 is 0 Å². The zero-order chi connectivity index (χ0) is 20.2. The molecule has 0 radical (unpaired) electrons. The molecule has 1 aliphatic rings. The maximum atomic E-state index is 12.6. The smallest absolute Gasteiger partial charge is 0.339 e. The van der Waals surface area contributed by atoms with E-state index < -0.39 is 5.97 Å². The molecule has 0 spiro atoms. The maximum Gasteiger partial charge on any atom is 0.339 e. The number of anilines is 2. The molecule has 0 unspecified atom stereocenters. The monoisotopic (exact) mass is 387 g/mol. The molecule has 3 aromatic rings. The van der Waals surface area contributed by atoms with Gasteiger partial charge in [-0.2, -0.15) is 0 Å². The van der Waals surface area contributed by atoms with Crippen molar-refractivity contribution in [3.63, 3.8) is 0 Å². The normalized spacial score (nSPS) is 12.8. The van der Waals surface area contributed by atoms with Crippen molar-refractivity contribution < 1.29 is 14.3 Å². The van der Waals surface area contributed by atoms with E-state index in [9.17, 15) is 9.59 Å². The van der Waals surface area contributed by atoms with Crippen molar-refractivity contribution >= 4 is 23.3 Å². The number of esters is 1. The van der Waals surface area contributed by atoms with Crippen LogP contribution in [0.3, 0.4) is 0 Å². The number of para-hydroxylation sites is 1. The van der Waals surface area contributed by atoms with Gasteiger partial charge in [-0.15, -0.1) is 0 Å². The van der Waals surface area contributed by atoms with Crippen LogP contribution < -0.4 is 10.2 Å². The van der Waals surface area contributed by atoms with Crippen molar-refractivity contribution in [1.29, 1.82) is 0 Å². The van der Waals surface area contributed by atoms with E-state index in [0.717, 1.165) is 25.2 Å². The molecule has 0 saturated carbocycles. The fraction of sp³-hybridized carbons (Fsp3) is 0.174. The van der Waals surface area contributed by atoms with Crippen LogP contribution in [0.1, 0.15) is 32.0 Å². The number of pyridine rings is 1. The summed E-state index contributed by atoms with van der Waals surface area (Å²) in [6.07, 6.45) is 2.71. The number of ether oxygens (including phenoxy) is 1. The molecular formula is C23H21N3O3. The molecule has 1 N–H and O–H groups in total. The van der Waals surface area contributed by atoms with Gasteiger partial charge in [-0.3, -0.25) is 4.79 Å². The first-order valence-corrected chi connectivity index (χ1v) is 9.42. The lowest BCUT2D eigenvalue weighted by Gasteiger charge is -2.30. The number of nitrogens with zero attached hydrogens (tertiary/aromatic N) is 2. The highest BCUT2D eigenvalue weighted by molar-refractivity contribution is 6.07. The largest absolute Gasteiger partial charge is 0.465 e. The zero-order valence-electron chi connectivity index (χ0n) is 16.1. The molecule has 146 valence electrons. The summed E-state index contributed by atoms with van der Waals surface area (Å²) < 4.78 is 4.76. The predicted molar refractivity (Wildman–Crippen MR) is 111 cm³/mol. The number of rotatable bonds is 4. The molecule has 0 fully saturated rings. The standard InChI is InChI=1S/C23H21N3O3/c1-29-23(28)19-8-4-5-9-20(19)25-22(27)21-11-10-18(14-24-21)26-13-12-16-6-2-3-7-17(16)15-26/h2-11,14H,12-13,15H2,1H3,(H,25,27). The molecule has 0 saturated heterocycles. The van der Waals surface area contributed by atoms with Crippen LogP contribution in [0, 0.1) is 0 Å². The van der Waals surface area contributed by atoms with Gasteiger partial charge in [0.05, 0.1) is 30.2 Å². The van der Waals surface area contributed by atoms with Crippen LogP contribution in [0.15, 0.2) is 66.9 Å². The number of amides is 1. The van der Waals surface area contributed by atoms with Crippen LogP contribution in [0.4, 0.5) is 11.4 Å². The number of carbonyl (C=O) groups excluding carboxylic acids is 2. The van der Waals surface area contributed by atoms with Crippen LogP contribution in [-0.4, -0.2) is 30.5 Å². The van der Waals surface area contributed by atoms with Gasteiger partial charge in [-0.1, -0.05) is 36.4 Å². The van der Waals surface area contributed by atoms with E-state index in [-0.39, 0.29) is 11.6 Å². The summed E-state index contributed by atoms with van der Waals surface area (Å²) in [5.41, 5.74) is 4.66. The van der Waals surface area contributed by atoms with Crippen molar-refractivity contribution in [3.05, 3.63) is 89.2 Å². The van der Waals surface area contributed by atoms with Gasteiger partial charge in [0.2, 0.25) is 0 Å². The van der Waals surface area contributed by atoms with Gasteiger partial charge in [0.25, 0.3) is 5.91 Å². The van der Waals surface area contributed by atoms with E-state index in [2.05, 4.69) is 39.5 Å². The summed E-state index contributed by atoms with van der Waals surface area (Å²) in [5, 5.41) is 2.74. The first kappa shape index (κ1) is 18.7. The lowest BCUT2D eigenvalue weighted by Crippen LogP contribution is -2.30. The lowest BCUT2D eigenvalue weighted by molar-refractivity contribution is 0.0602. The molecule has 1 amide bonds. The SMILES string of the molecule is COC(=O)c1ccccc1NC(=O)c1ccc(N2CCc3ccccc3C2)cn1. The first-order chi connectivity index (χ1) is 14.2. The minimum absolute atomic E-state index is 0.283. The van der Waals surface area contributed by atoms with Gasteiger partial charge in [0, 0.05) is 13.1 Å². The van der Waals surface area contributed by atoms with Gasteiger partial charge < -0.3 is 15.0 Å². The van der Waals surface area contributed by atoms with E-state index in [1.54, 1.807) is 36.5 Å². The Labute approximate surface area is 169 Å². The molecular weight excluding hydrogens is 366 g/mol. The molecule has 6 heteroatoms. The molecule has 0 atom stereocenters. The lowest BCUT2D eigenvalue weighted by atomic mass is 10.00. The molecule has 2 aromatic carbocycles. The van der Waals surface area contributed by atoms with Gasteiger partial charge in [-0.05, 0) is 41.8 Å². The quantitative estimate of drug-likeness (QED) is 0.692. The van der Waals surface area contributed by atoms with Crippen molar-refractivity contribution in [1.82, 2.24) is 4.98 Å². The Morgan fingerprint density at radius 3 is 2.52 bits per heavy atom. The molecule has 29 heavy (non-hydrogen) atoms. The molecule has 2 heterocycles. The Morgan fingerprint density at radius 1 is 1.00 bits per heavy atom. The van der Waals surface area contributed by atoms with E-state index in [1.807, 2.05) is 6.07 Å². The highest BCUT2D eigenvalue weighted by atomic mass is 16.5. The summed E-state index contributed by atoms with van der Waals surface area (Å²) in [6.45, 7) is 1.74. The predicted octanol–water partition coefficient (Wildman–Crippen LogP) is 3.68. The van der Waals surface area contributed by atoms with Crippen LogP contribution in [0.25, 0.3) is 0 Å². The minimum atomic E-state index is -0.505. The molecule has 4 rings (SSSR count). The first-order valence-electron chi connectivity index (χ1n) is 9.42. The number of hydrogen-bond donors (Lipinski definition) is 1. The van der Waals surface area contributed by atoms with Crippen molar-refractivity contribution in [2.45, 2.75) is 13.0 Å². The number of carbonyl (C=O) groups is 2. The van der Waals surface area contributed by atoms with E-state index in [1.165, 1.54) is 18.2 Å². The van der Waals surface area contributed by atoms with Crippen molar-refractivity contribution in [2.75, 3.05) is 23.9 Å². The van der Waals surface area contributed by atoms with Gasteiger partial charge in [0.15, 0.2) is 0 Å². The van der Waals surface area contributed by atoms with Crippen LogP contribution in [0.5, 0.6) is 0 Å². The molecule has 1 aromatic heterocycles. The third-order valence-corrected chi connectivity index (χ3v) is 5.06. The summed E-state index contributed by atoms with van der Waals surface area (Å²) in [7, 11) is 1.31. The third-order valence-electron chi connectivity index (χ3n) is 5.06.